The Hall–Kier alpha value is -1.93. The summed E-state index contributed by atoms with van der Waals surface area (Å²) < 4.78 is 34.5. The highest BCUT2D eigenvalue weighted by molar-refractivity contribution is 7.89. The van der Waals surface area contributed by atoms with Gasteiger partial charge in [-0.05, 0) is 38.3 Å². The third kappa shape index (κ3) is 3.69. The van der Waals surface area contributed by atoms with Crippen molar-refractivity contribution in [1.29, 1.82) is 0 Å². The molecule has 1 saturated heterocycles. The summed E-state index contributed by atoms with van der Waals surface area (Å²) in [4.78, 5) is 0.276. The molecule has 1 aliphatic heterocycles. The highest BCUT2D eigenvalue weighted by Crippen LogP contribution is 2.28. The summed E-state index contributed by atoms with van der Waals surface area (Å²) in [5.41, 5.74) is 0. The van der Waals surface area contributed by atoms with Gasteiger partial charge in [-0.2, -0.15) is 4.31 Å². The van der Waals surface area contributed by atoms with Crippen molar-refractivity contribution in [2.75, 3.05) is 20.2 Å². The molecule has 1 atom stereocenters. The first-order valence-corrected chi connectivity index (χ1v) is 9.88. The zero-order valence-electron chi connectivity index (χ0n) is 14.8. The third-order valence-corrected chi connectivity index (χ3v) is 6.46. The van der Waals surface area contributed by atoms with Crippen LogP contribution in [0.5, 0.6) is 5.75 Å². The van der Waals surface area contributed by atoms with Gasteiger partial charge in [-0.1, -0.05) is 6.07 Å². The van der Waals surface area contributed by atoms with E-state index in [0.29, 0.717) is 24.9 Å². The number of hydrogen-bond acceptors (Lipinski definition) is 5. The lowest BCUT2D eigenvalue weighted by molar-refractivity contribution is 0.412. The normalized spacial score (nSPS) is 18.8. The number of aromatic nitrogens is 3. The van der Waals surface area contributed by atoms with Crippen LogP contribution in [0.15, 0.2) is 35.5 Å². The van der Waals surface area contributed by atoms with E-state index < -0.39 is 10.0 Å². The molecule has 0 aliphatic carbocycles. The number of ether oxygens (including phenoxy) is 1. The Labute approximate surface area is 148 Å². The predicted molar refractivity (Wildman–Crippen MR) is 94.0 cm³/mol. The fraction of sp³-hybridized carbons (Fsp3) is 0.529. The van der Waals surface area contributed by atoms with Gasteiger partial charge in [0.15, 0.2) is 0 Å². The van der Waals surface area contributed by atoms with E-state index in [4.69, 9.17) is 4.74 Å². The number of nitrogens with zero attached hydrogens (tertiary/aromatic N) is 4. The maximum absolute atomic E-state index is 12.9. The van der Waals surface area contributed by atoms with Gasteiger partial charge in [-0.15, -0.1) is 10.2 Å². The van der Waals surface area contributed by atoms with E-state index in [9.17, 15) is 8.42 Å². The molecule has 0 spiro atoms. The van der Waals surface area contributed by atoms with Crippen molar-refractivity contribution in [3.05, 3.63) is 36.4 Å². The molecular weight excluding hydrogens is 340 g/mol. The lowest BCUT2D eigenvalue weighted by atomic mass is 10.0. The number of benzene rings is 1. The highest BCUT2D eigenvalue weighted by atomic mass is 32.2. The quantitative estimate of drug-likeness (QED) is 0.785. The molecule has 0 N–H and O–H groups in total. The average molecular weight is 364 g/mol. The standard InChI is InChI=1S/C17H24N4O3S/c1-13(2)21-12-18-19-17(21)9-14-7-8-20(11-14)25(22,23)16-6-4-5-15(10-16)24-3/h4-6,10,12-14H,7-9,11H2,1-3H3. The van der Waals surface area contributed by atoms with E-state index in [0.717, 1.165) is 18.7 Å². The van der Waals surface area contributed by atoms with E-state index in [1.165, 1.54) is 7.11 Å². The van der Waals surface area contributed by atoms with Crippen LogP contribution in [0.3, 0.4) is 0 Å². The first kappa shape index (κ1) is 17.9. The van der Waals surface area contributed by atoms with Crippen LogP contribution in [0.1, 0.15) is 32.1 Å². The maximum atomic E-state index is 12.9. The van der Waals surface area contributed by atoms with Crippen LogP contribution in [0.2, 0.25) is 0 Å². The molecule has 0 bridgehead atoms. The van der Waals surface area contributed by atoms with E-state index in [1.54, 1.807) is 34.9 Å². The van der Waals surface area contributed by atoms with Crippen LogP contribution in [-0.4, -0.2) is 47.7 Å². The van der Waals surface area contributed by atoms with E-state index >= 15 is 0 Å². The summed E-state index contributed by atoms with van der Waals surface area (Å²) in [7, 11) is -1.97. The second kappa shape index (κ2) is 7.13. The van der Waals surface area contributed by atoms with Gasteiger partial charge < -0.3 is 9.30 Å². The van der Waals surface area contributed by atoms with Gasteiger partial charge in [0, 0.05) is 31.6 Å². The van der Waals surface area contributed by atoms with Gasteiger partial charge in [-0.25, -0.2) is 8.42 Å². The zero-order chi connectivity index (χ0) is 18.0. The molecule has 7 nitrogen and oxygen atoms in total. The monoisotopic (exact) mass is 364 g/mol. The molecule has 1 aromatic carbocycles. The van der Waals surface area contributed by atoms with Crippen molar-refractivity contribution in [3.63, 3.8) is 0 Å². The summed E-state index contributed by atoms with van der Waals surface area (Å²) in [6.45, 7) is 5.20. The summed E-state index contributed by atoms with van der Waals surface area (Å²) in [5, 5.41) is 8.18. The van der Waals surface area contributed by atoms with Gasteiger partial charge in [0.25, 0.3) is 0 Å². The molecule has 136 valence electrons. The van der Waals surface area contributed by atoms with E-state index in [-0.39, 0.29) is 10.8 Å². The second-order valence-electron chi connectivity index (χ2n) is 6.65. The van der Waals surface area contributed by atoms with Crippen molar-refractivity contribution in [2.24, 2.45) is 5.92 Å². The lowest BCUT2D eigenvalue weighted by Gasteiger charge is -2.17. The minimum absolute atomic E-state index is 0.252. The Morgan fingerprint density at radius 1 is 1.36 bits per heavy atom. The smallest absolute Gasteiger partial charge is 0.243 e. The molecule has 2 aromatic rings. The maximum Gasteiger partial charge on any atom is 0.243 e. The number of methoxy groups -OCH3 is 1. The highest BCUT2D eigenvalue weighted by Gasteiger charge is 2.33. The molecule has 3 rings (SSSR count). The molecule has 1 aliphatic rings. The van der Waals surface area contributed by atoms with Crippen molar-refractivity contribution in [2.45, 2.75) is 37.6 Å². The van der Waals surface area contributed by atoms with Gasteiger partial charge in [0.2, 0.25) is 10.0 Å². The van der Waals surface area contributed by atoms with Gasteiger partial charge in [-0.3, -0.25) is 0 Å². The first-order valence-electron chi connectivity index (χ1n) is 8.44. The molecule has 8 heteroatoms. The molecule has 25 heavy (non-hydrogen) atoms. The number of rotatable bonds is 6. The molecule has 0 saturated carbocycles. The molecule has 1 fully saturated rings. The fourth-order valence-corrected chi connectivity index (χ4v) is 4.76. The average Bonchev–Trinajstić information content (AvgIpc) is 3.25. The molecule has 0 amide bonds. The van der Waals surface area contributed by atoms with E-state index in [1.807, 2.05) is 4.57 Å². The third-order valence-electron chi connectivity index (χ3n) is 4.60. The van der Waals surface area contributed by atoms with Crippen molar-refractivity contribution >= 4 is 10.0 Å². The van der Waals surface area contributed by atoms with Gasteiger partial charge >= 0.3 is 0 Å². The molecule has 1 unspecified atom stereocenters. The zero-order valence-corrected chi connectivity index (χ0v) is 15.6. The van der Waals surface area contributed by atoms with Crippen LogP contribution in [0.25, 0.3) is 0 Å². The summed E-state index contributed by atoms with van der Waals surface area (Å²) in [6, 6.07) is 6.91. The summed E-state index contributed by atoms with van der Waals surface area (Å²) >= 11 is 0. The fourth-order valence-electron chi connectivity index (χ4n) is 3.19. The van der Waals surface area contributed by atoms with Gasteiger partial charge in [0.1, 0.15) is 17.9 Å². The summed E-state index contributed by atoms with van der Waals surface area (Å²) in [6.07, 6.45) is 3.30. The molecular formula is C17H24N4O3S. The summed E-state index contributed by atoms with van der Waals surface area (Å²) in [5.74, 6) is 1.71. The van der Waals surface area contributed by atoms with Crippen LogP contribution in [0, 0.1) is 5.92 Å². The Balaban J connectivity index is 1.72. The van der Waals surface area contributed by atoms with Crippen LogP contribution in [-0.2, 0) is 16.4 Å². The Morgan fingerprint density at radius 2 is 2.16 bits per heavy atom. The predicted octanol–water partition coefficient (Wildman–Crippen LogP) is 2.12. The topological polar surface area (TPSA) is 77.3 Å². The Kier molecular flexibility index (Phi) is 5.10. The van der Waals surface area contributed by atoms with Crippen molar-refractivity contribution in [3.8, 4) is 5.75 Å². The largest absolute Gasteiger partial charge is 0.497 e. The molecule has 1 aromatic heterocycles. The van der Waals surface area contributed by atoms with Crippen molar-refractivity contribution < 1.29 is 13.2 Å². The minimum atomic E-state index is -3.50. The van der Waals surface area contributed by atoms with E-state index in [2.05, 4.69) is 24.0 Å². The SMILES string of the molecule is COc1cccc(S(=O)(=O)N2CCC(Cc3nncn3C(C)C)C2)c1. The van der Waals surface area contributed by atoms with Crippen molar-refractivity contribution in [1.82, 2.24) is 19.1 Å². The van der Waals surface area contributed by atoms with Crippen LogP contribution >= 0.6 is 0 Å². The van der Waals surface area contributed by atoms with Crippen LogP contribution in [0.4, 0.5) is 0 Å². The Morgan fingerprint density at radius 3 is 2.88 bits per heavy atom. The minimum Gasteiger partial charge on any atom is -0.497 e. The van der Waals surface area contributed by atoms with Gasteiger partial charge in [0.05, 0.1) is 12.0 Å². The first-order chi connectivity index (χ1) is 11.9. The Bertz CT molecular complexity index is 832. The lowest BCUT2D eigenvalue weighted by Crippen LogP contribution is -2.29. The number of sulfonamides is 1. The molecule has 0 radical (unpaired) electrons. The second-order valence-corrected chi connectivity index (χ2v) is 8.59. The number of hydrogen-bond donors (Lipinski definition) is 0. The van der Waals surface area contributed by atoms with Crippen LogP contribution < -0.4 is 4.74 Å². The molecule has 2 heterocycles.